The molecule has 0 saturated carbocycles. The monoisotopic (exact) mass is 419 g/mol. The van der Waals surface area contributed by atoms with E-state index in [0.717, 1.165) is 0 Å². The molecule has 10 heteroatoms. The van der Waals surface area contributed by atoms with Gasteiger partial charge in [0, 0.05) is 33.1 Å². The van der Waals surface area contributed by atoms with E-state index in [2.05, 4.69) is 20.3 Å². The molecule has 4 aromatic rings. The Morgan fingerprint density at radius 1 is 1.22 bits per heavy atom. The third-order valence-electron chi connectivity index (χ3n) is 3.89. The second-order valence-corrected chi connectivity index (χ2v) is 7.33. The fraction of sp³-hybridized carbons (Fsp3) is 0. The van der Waals surface area contributed by atoms with Crippen LogP contribution < -0.4 is 11.1 Å². The van der Waals surface area contributed by atoms with E-state index >= 15 is 0 Å². The Morgan fingerprint density at radius 3 is 2.78 bits per heavy atom. The number of thiazole rings is 1. The summed E-state index contributed by atoms with van der Waals surface area (Å²) >= 11 is 13.5. The molecule has 0 atom stereocenters. The molecule has 0 saturated heterocycles. The molecular weight excluding hydrogens is 409 g/mol. The van der Waals surface area contributed by atoms with Crippen molar-refractivity contribution in [1.82, 2.24) is 15.0 Å². The number of carbonyl (C=O) groups is 2. The molecule has 1 aromatic carbocycles. The maximum atomic E-state index is 12.6. The summed E-state index contributed by atoms with van der Waals surface area (Å²) in [6, 6.07) is 6.75. The normalized spacial score (nSPS) is 11.0. The second kappa shape index (κ2) is 6.73. The van der Waals surface area contributed by atoms with Crippen molar-refractivity contribution in [2.45, 2.75) is 0 Å². The molecule has 27 heavy (non-hydrogen) atoms. The van der Waals surface area contributed by atoms with Gasteiger partial charge in [0.25, 0.3) is 11.8 Å². The average Bonchev–Trinajstić information content (AvgIpc) is 3.34. The van der Waals surface area contributed by atoms with Crippen molar-refractivity contribution in [1.29, 1.82) is 0 Å². The molecule has 7 nitrogen and oxygen atoms in total. The minimum Gasteiger partial charge on any atom is -0.364 e. The van der Waals surface area contributed by atoms with E-state index < -0.39 is 11.8 Å². The van der Waals surface area contributed by atoms with Gasteiger partial charge in [0.05, 0.1) is 10.7 Å². The van der Waals surface area contributed by atoms with E-state index in [1.165, 1.54) is 11.3 Å². The molecule has 3 aromatic heterocycles. The smallest absolute Gasteiger partial charge is 0.275 e. The molecule has 0 aliphatic heterocycles. The molecule has 0 aliphatic rings. The topological polar surface area (TPSA) is 117 Å². The second-order valence-electron chi connectivity index (χ2n) is 5.66. The first-order valence-corrected chi connectivity index (χ1v) is 9.28. The SMILES string of the molecule is NC(=O)c1cc(-c2csc(NC(=O)c3[nH]c4ccc(Cl)cc4c3Cl)n2)c[nH]1. The van der Waals surface area contributed by atoms with Crippen LogP contribution in [0.5, 0.6) is 0 Å². The summed E-state index contributed by atoms with van der Waals surface area (Å²) in [4.78, 5) is 33.9. The third-order valence-corrected chi connectivity index (χ3v) is 5.28. The van der Waals surface area contributed by atoms with Gasteiger partial charge in [-0.3, -0.25) is 14.9 Å². The van der Waals surface area contributed by atoms with E-state index in [1.54, 1.807) is 35.8 Å². The Bertz CT molecular complexity index is 1190. The largest absolute Gasteiger partial charge is 0.364 e. The van der Waals surface area contributed by atoms with Crippen molar-refractivity contribution in [3.8, 4) is 11.3 Å². The van der Waals surface area contributed by atoms with E-state index in [9.17, 15) is 9.59 Å². The number of hydrogen-bond acceptors (Lipinski definition) is 4. The Morgan fingerprint density at radius 2 is 2.04 bits per heavy atom. The summed E-state index contributed by atoms with van der Waals surface area (Å²) in [7, 11) is 0. The highest BCUT2D eigenvalue weighted by Gasteiger charge is 2.18. The molecule has 136 valence electrons. The number of amides is 2. The standard InChI is InChI=1S/C17H11Cl2N5O2S/c18-8-1-2-10-9(4-8)13(19)14(22-10)16(26)24-17-23-12(6-27-17)7-3-11(15(20)25)21-5-7/h1-6,21-22H,(H2,20,25)(H,23,24,26). The Balaban J connectivity index is 1.58. The number of fused-ring (bicyclic) bond motifs is 1. The number of hydrogen-bond donors (Lipinski definition) is 4. The molecule has 0 radical (unpaired) electrons. The predicted octanol–water partition coefficient (Wildman–Crippen LogP) is 4.28. The number of primary amides is 1. The first-order valence-electron chi connectivity index (χ1n) is 7.64. The summed E-state index contributed by atoms with van der Waals surface area (Å²) in [5.41, 5.74) is 7.74. The summed E-state index contributed by atoms with van der Waals surface area (Å²) < 4.78 is 0. The lowest BCUT2D eigenvalue weighted by atomic mass is 10.2. The van der Waals surface area contributed by atoms with Crippen LogP contribution in [-0.4, -0.2) is 26.8 Å². The number of carbonyl (C=O) groups excluding carboxylic acids is 2. The van der Waals surface area contributed by atoms with Crippen LogP contribution in [0.25, 0.3) is 22.2 Å². The van der Waals surface area contributed by atoms with Crippen LogP contribution in [0.3, 0.4) is 0 Å². The molecule has 0 spiro atoms. The van der Waals surface area contributed by atoms with Gasteiger partial charge in [-0.1, -0.05) is 23.2 Å². The maximum absolute atomic E-state index is 12.6. The predicted molar refractivity (Wildman–Crippen MR) is 107 cm³/mol. The van der Waals surface area contributed by atoms with Crippen LogP contribution in [0.1, 0.15) is 21.0 Å². The number of nitrogens with zero attached hydrogens (tertiary/aromatic N) is 1. The number of halogens is 2. The van der Waals surface area contributed by atoms with E-state index in [1.807, 2.05) is 0 Å². The summed E-state index contributed by atoms with van der Waals surface area (Å²) in [6.07, 6.45) is 1.62. The zero-order chi connectivity index (χ0) is 19.1. The van der Waals surface area contributed by atoms with Crippen molar-refractivity contribution in [2.75, 3.05) is 5.32 Å². The molecule has 0 bridgehead atoms. The summed E-state index contributed by atoms with van der Waals surface area (Å²) in [5, 5.41) is 6.35. The first kappa shape index (κ1) is 17.6. The van der Waals surface area contributed by atoms with Crippen LogP contribution in [-0.2, 0) is 0 Å². The van der Waals surface area contributed by atoms with Gasteiger partial charge in [-0.25, -0.2) is 4.98 Å². The highest BCUT2D eigenvalue weighted by atomic mass is 35.5. The Labute approximate surface area is 166 Å². The number of H-pyrrole nitrogens is 2. The van der Waals surface area contributed by atoms with Crippen LogP contribution in [0.4, 0.5) is 5.13 Å². The lowest BCUT2D eigenvalue weighted by molar-refractivity contribution is 0.0993. The molecule has 0 unspecified atom stereocenters. The quantitative estimate of drug-likeness (QED) is 0.395. The van der Waals surface area contributed by atoms with E-state index in [0.29, 0.717) is 37.3 Å². The van der Waals surface area contributed by atoms with Gasteiger partial charge in [0.2, 0.25) is 0 Å². The Kier molecular flexibility index (Phi) is 4.39. The van der Waals surface area contributed by atoms with Crippen LogP contribution in [0.2, 0.25) is 10.0 Å². The van der Waals surface area contributed by atoms with Crippen molar-refractivity contribution < 1.29 is 9.59 Å². The molecule has 2 amide bonds. The minimum absolute atomic E-state index is 0.225. The van der Waals surface area contributed by atoms with E-state index in [-0.39, 0.29) is 11.4 Å². The minimum atomic E-state index is -0.557. The molecule has 4 rings (SSSR count). The van der Waals surface area contributed by atoms with Gasteiger partial charge < -0.3 is 15.7 Å². The first-order chi connectivity index (χ1) is 12.9. The van der Waals surface area contributed by atoms with Gasteiger partial charge in [0.15, 0.2) is 5.13 Å². The Hall–Kier alpha value is -2.81. The van der Waals surface area contributed by atoms with Gasteiger partial charge in [0.1, 0.15) is 11.4 Å². The third kappa shape index (κ3) is 3.30. The summed E-state index contributed by atoms with van der Waals surface area (Å²) in [6.45, 7) is 0. The van der Waals surface area contributed by atoms with E-state index in [4.69, 9.17) is 28.9 Å². The molecular formula is C17H11Cl2N5O2S. The van der Waals surface area contributed by atoms with Crippen molar-refractivity contribution in [3.05, 3.63) is 57.3 Å². The number of rotatable bonds is 4. The maximum Gasteiger partial charge on any atom is 0.275 e. The average molecular weight is 420 g/mol. The fourth-order valence-corrected chi connectivity index (χ4v) is 3.77. The van der Waals surface area contributed by atoms with Gasteiger partial charge in [-0.05, 0) is 24.3 Å². The van der Waals surface area contributed by atoms with Gasteiger partial charge in [-0.2, -0.15) is 0 Å². The lowest BCUT2D eigenvalue weighted by Crippen LogP contribution is -2.12. The number of benzene rings is 1. The number of nitrogens with one attached hydrogen (secondary N) is 3. The highest BCUT2D eigenvalue weighted by molar-refractivity contribution is 7.14. The molecule has 3 heterocycles. The number of anilines is 1. The lowest BCUT2D eigenvalue weighted by Gasteiger charge is -1.99. The van der Waals surface area contributed by atoms with Crippen molar-refractivity contribution >= 4 is 62.4 Å². The van der Waals surface area contributed by atoms with Crippen LogP contribution in [0.15, 0.2) is 35.8 Å². The molecule has 0 aliphatic carbocycles. The van der Waals surface area contributed by atoms with Crippen molar-refractivity contribution in [3.63, 3.8) is 0 Å². The molecule has 5 N–H and O–H groups in total. The zero-order valence-electron chi connectivity index (χ0n) is 13.5. The molecule has 0 fully saturated rings. The zero-order valence-corrected chi connectivity index (χ0v) is 15.8. The summed E-state index contributed by atoms with van der Waals surface area (Å²) in [5.74, 6) is -0.973. The van der Waals surface area contributed by atoms with Gasteiger partial charge >= 0.3 is 0 Å². The van der Waals surface area contributed by atoms with Crippen molar-refractivity contribution in [2.24, 2.45) is 5.73 Å². The number of aromatic nitrogens is 3. The highest BCUT2D eigenvalue weighted by Crippen LogP contribution is 2.31. The fourth-order valence-electron chi connectivity index (χ4n) is 2.60. The number of aromatic amines is 2. The van der Waals surface area contributed by atoms with Gasteiger partial charge in [-0.15, -0.1) is 11.3 Å². The van der Waals surface area contributed by atoms with Crippen LogP contribution in [0, 0.1) is 0 Å². The number of nitrogens with two attached hydrogens (primary N) is 1. The van der Waals surface area contributed by atoms with Crippen LogP contribution >= 0.6 is 34.5 Å².